The van der Waals surface area contributed by atoms with Gasteiger partial charge >= 0.3 is 5.97 Å². The molecule has 17 heavy (non-hydrogen) atoms. The summed E-state index contributed by atoms with van der Waals surface area (Å²) >= 11 is 0. The van der Waals surface area contributed by atoms with Crippen LogP contribution in [0.1, 0.15) is 36.7 Å². The number of benzene rings is 1. The van der Waals surface area contributed by atoms with Crippen molar-refractivity contribution in [2.45, 2.75) is 25.6 Å². The van der Waals surface area contributed by atoms with Gasteiger partial charge in [-0.15, -0.1) is 0 Å². The van der Waals surface area contributed by atoms with Crippen LogP contribution in [-0.4, -0.2) is 17.6 Å². The van der Waals surface area contributed by atoms with Gasteiger partial charge < -0.3 is 10.4 Å². The first kappa shape index (κ1) is 12.0. The molecule has 0 amide bonds. The van der Waals surface area contributed by atoms with E-state index < -0.39 is 12.1 Å². The van der Waals surface area contributed by atoms with Gasteiger partial charge in [0.1, 0.15) is 6.17 Å². The van der Waals surface area contributed by atoms with E-state index in [1.54, 1.807) is 6.07 Å². The van der Waals surface area contributed by atoms with Crippen LogP contribution < -0.4 is 5.32 Å². The van der Waals surface area contributed by atoms with Gasteiger partial charge in [-0.3, -0.25) is 4.79 Å². The highest BCUT2D eigenvalue weighted by Gasteiger charge is 2.30. The van der Waals surface area contributed by atoms with E-state index in [1.807, 2.05) is 18.2 Å². The third-order valence-electron chi connectivity index (χ3n) is 3.25. The zero-order valence-corrected chi connectivity index (χ0v) is 9.69. The predicted molar refractivity (Wildman–Crippen MR) is 62.5 cm³/mol. The minimum Gasteiger partial charge on any atom is -0.481 e. The van der Waals surface area contributed by atoms with E-state index in [-0.39, 0.29) is 12.0 Å². The molecule has 0 radical (unpaired) electrons. The second-order valence-corrected chi connectivity index (χ2v) is 4.52. The lowest BCUT2D eigenvalue weighted by Gasteiger charge is -2.12. The summed E-state index contributed by atoms with van der Waals surface area (Å²) in [5, 5.41) is 12.1. The van der Waals surface area contributed by atoms with Gasteiger partial charge in [0, 0.05) is 12.6 Å². The van der Waals surface area contributed by atoms with Gasteiger partial charge in [-0.2, -0.15) is 0 Å². The fourth-order valence-corrected chi connectivity index (χ4v) is 2.20. The molecule has 3 nitrogen and oxygen atoms in total. The molecule has 1 saturated heterocycles. The fourth-order valence-electron chi connectivity index (χ4n) is 2.20. The molecular weight excluding hydrogens is 221 g/mol. The van der Waals surface area contributed by atoms with Crippen molar-refractivity contribution in [3.8, 4) is 0 Å². The quantitative estimate of drug-likeness (QED) is 0.849. The molecule has 1 heterocycles. The molecule has 2 rings (SSSR count). The Morgan fingerprint density at radius 1 is 1.59 bits per heavy atom. The standard InChI is InChI=1S/C13H16FNO2/c1-8(14)9-3-2-4-10(5-9)12-6-11(7-15-12)13(16)17/h2-5,8,11-12,15H,6-7H2,1H3,(H,16,17). The summed E-state index contributed by atoms with van der Waals surface area (Å²) in [6.45, 7) is 1.98. The molecule has 0 saturated carbocycles. The molecule has 3 unspecified atom stereocenters. The van der Waals surface area contributed by atoms with Crippen LogP contribution in [0.15, 0.2) is 24.3 Å². The average molecular weight is 237 g/mol. The highest BCUT2D eigenvalue weighted by atomic mass is 19.1. The Bertz CT molecular complexity index is 420. The number of carboxylic acid groups (broad SMARTS) is 1. The number of carbonyl (C=O) groups is 1. The monoisotopic (exact) mass is 237 g/mol. The van der Waals surface area contributed by atoms with Crippen LogP contribution in [0, 0.1) is 5.92 Å². The van der Waals surface area contributed by atoms with Crippen molar-refractivity contribution in [1.29, 1.82) is 0 Å². The Hall–Kier alpha value is -1.42. The second kappa shape index (κ2) is 4.84. The Balaban J connectivity index is 2.13. The number of rotatable bonds is 3. The summed E-state index contributed by atoms with van der Waals surface area (Å²) in [5.41, 5.74) is 1.61. The summed E-state index contributed by atoms with van der Waals surface area (Å²) in [6.07, 6.45) is -0.425. The molecular formula is C13H16FNO2. The molecule has 0 aromatic heterocycles. The van der Waals surface area contributed by atoms with Gasteiger partial charge in [0.2, 0.25) is 0 Å². The van der Waals surface area contributed by atoms with Crippen molar-refractivity contribution in [3.63, 3.8) is 0 Å². The second-order valence-electron chi connectivity index (χ2n) is 4.52. The van der Waals surface area contributed by atoms with Gasteiger partial charge in [0.25, 0.3) is 0 Å². The molecule has 0 aliphatic carbocycles. The number of hydrogen-bond acceptors (Lipinski definition) is 2. The summed E-state index contributed by atoms with van der Waals surface area (Å²) in [4.78, 5) is 10.9. The molecule has 1 aliphatic rings. The Labute approximate surface area is 99.7 Å². The zero-order valence-electron chi connectivity index (χ0n) is 9.69. The molecule has 1 aliphatic heterocycles. The Kier molecular flexibility index (Phi) is 3.43. The van der Waals surface area contributed by atoms with E-state index in [2.05, 4.69) is 5.32 Å². The normalized spacial score (nSPS) is 25.8. The third-order valence-corrected chi connectivity index (χ3v) is 3.25. The van der Waals surface area contributed by atoms with E-state index in [0.29, 0.717) is 18.5 Å². The van der Waals surface area contributed by atoms with E-state index in [9.17, 15) is 9.18 Å². The van der Waals surface area contributed by atoms with Crippen molar-refractivity contribution in [2.24, 2.45) is 5.92 Å². The van der Waals surface area contributed by atoms with Crippen molar-refractivity contribution in [1.82, 2.24) is 5.32 Å². The molecule has 3 atom stereocenters. The summed E-state index contributed by atoms with van der Waals surface area (Å²) < 4.78 is 13.2. The maximum Gasteiger partial charge on any atom is 0.307 e. The smallest absolute Gasteiger partial charge is 0.307 e. The van der Waals surface area contributed by atoms with Crippen LogP contribution in [0.4, 0.5) is 4.39 Å². The van der Waals surface area contributed by atoms with Crippen LogP contribution >= 0.6 is 0 Å². The van der Waals surface area contributed by atoms with Gasteiger partial charge in [0.15, 0.2) is 0 Å². The van der Waals surface area contributed by atoms with Crippen molar-refractivity contribution >= 4 is 5.97 Å². The van der Waals surface area contributed by atoms with Crippen LogP contribution in [0.25, 0.3) is 0 Å². The van der Waals surface area contributed by atoms with Gasteiger partial charge in [0.05, 0.1) is 5.92 Å². The molecule has 4 heteroatoms. The Morgan fingerprint density at radius 2 is 2.35 bits per heavy atom. The number of alkyl halides is 1. The zero-order chi connectivity index (χ0) is 12.4. The first-order valence-electron chi connectivity index (χ1n) is 5.78. The third kappa shape index (κ3) is 2.64. The highest BCUT2D eigenvalue weighted by Crippen LogP contribution is 2.29. The van der Waals surface area contributed by atoms with E-state index in [4.69, 9.17) is 5.11 Å². The largest absolute Gasteiger partial charge is 0.481 e. The van der Waals surface area contributed by atoms with Crippen LogP contribution in [0.3, 0.4) is 0 Å². The van der Waals surface area contributed by atoms with Crippen LogP contribution in [-0.2, 0) is 4.79 Å². The minimum atomic E-state index is -0.994. The van der Waals surface area contributed by atoms with Crippen molar-refractivity contribution in [2.75, 3.05) is 6.54 Å². The lowest BCUT2D eigenvalue weighted by Crippen LogP contribution is -2.17. The highest BCUT2D eigenvalue weighted by molar-refractivity contribution is 5.70. The van der Waals surface area contributed by atoms with Gasteiger partial charge in [-0.25, -0.2) is 4.39 Å². The van der Waals surface area contributed by atoms with Gasteiger partial charge in [-0.1, -0.05) is 24.3 Å². The Morgan fingerprint density at radius 3 is 2.94 bits per heavy atom. The topological polar surface area (TPSA) is 49.3 Å². The fraction of sp³-hybridized carbons (Fsp3) is 0.462. The molecule has 0 spiro atoms. The molecule has 0 bridgehead atoms. The lowest BCUT2D eigenvalue weighted by atomic mass is 9.98. The maximum absolute atomic E-state index is 13.2. The average Bonchev–Trinajstić information content (AvgIpc) is 2.78. The summed E-state index contributed by atoms with van der Waals surface area (Å²) in [5.74, 6) is -1.11. The summed E-state index contributed by atoms with van der Waals surface area (Å²) in [7, 11) is 0. The van der Waals surface area contributed by atoms with Crippen LogP contribution in [0.5, 0.6) is 0 Å². The molecule has 1 fully saturated rings. The number of nitrogens with one attached hydrogen (secondary N) is 1. The number of aliphatic carboxylic acids is 1. The summed E-state index contributed by atoms with van der Waals surface area (Å²) in [6, 6.07) is 7.31. The molecule has 92 valence electrons. The lowest BCUT2D eigenvalue weighted by molar-refractivity contribution is -0.141. The van der Waals surface area contributed by atoms with Crippen molar-refractivity contribution < 1.29 is 14.3 Å². The minimum absolute atomic E-state index is 0.0230. The number of halogens is 1. The molecule has 1 aromatic carbocycles. The predicted octanol–water partition coefficient (Wildman–Crippen LogP) is 2.45. The molecule has 2 N–H and O–H groups in total. The first-order valence-corrected chi connectivity index (χ1v) is 5.78. The SMILES string of the molecule is CC(F)c1cccc(C2CC(C(=O)O)CN2)c1. The maximum atomic E-state index is 13.2. The number of carboxylic acids is 1. The first-order chi connectivity index (χ1) is 8.08. The van der Waals surface area contributed by atoms with Crippen LogP contribution in [0.2, 0.25) is 0 Å². The number of hydrogen-bond donors (Lipinski definition) is 2. The van der Waals surface area contributed by atoms with Crippen molar-refractivity contribution in [3.05, 3.63) is 35.4 Å². The van der Waals surface area contributed by atoms with E-state index in [1.165, 1.54) is 6.92 Å². The molecule has 1 aromatic rings. The van der Waals surface area contributed by atoms with E-state index >= 15 is 0 Å². The van der Waals surface area contributed by atoms with Gasteiger partial charge in [-0.05, 0) is 24.5 Å². The van der Waals surface area contributed by atoms with E-state index in [0.717, 1.165) is 5.56 Å².